The normalized spacial score (nSPS) is 16.9. The Kier molecular flexibility index (Phi) is 4.57. The fraction of sp³-hybridized carbons (Fsp3) is 0.929. The standard InChI is InChI=1S/C14H28O/c1-9-14(11(4)5,13(6,7)8)12(15)10(2)3/h10-11H,9H2,1-8H3. The molecule has 0 rings (SSSR count). The molecule has 1 atom stereocenters. The molecule has 0 aromatic heterocycles. The van der Waals surface area contributed by atoms with Gasteiger partial charge in [-0.05, 0) is 17.8 Å². The molecule has 0 saturated heterocycles. The summed E-state index contributed by atoms with van der Waals surface area (Å²) >= 11 is 0. The van der Waals surface area contributed by atoms with Crippen molar-refractivity contribution in [2.75, 3.05) is 0 Å². The van der Waals surface area contributed by atoms with Gasteiger partial charge in [-0.1, -0.05) is 55.4 Å². The van der Waals surface area contributed by atoms with Crippen LogP contribution in [-0.4, -0.2) is 5.78 Å². The van der Waals surface area contributed by atoms with Gasteiger partial charge in [-0.3, -0.25) is 4.79 Å². The van der Waals surface area contributed by atoms with Gasteiger partial charge < -0.3 is 0 Å². The second-order valence-electron chi connectivity index (χ2n) is 6.25. The van der Waals surface area contributed by atoms with Crippen molar-refractivity contribution in [1.82, 2.24) is 0 Å². The predicted octanol–water partition coefficient (Wildman–Crippen LogP) is 4.31. The van der Waals surface area contributed by atoms with Gasteiger partial charge in [-0.25, -0.2) is 0 Å². The summed E-state index contributed by atoms with van der Waals surface area (Å²) in [6.07, 6.45) is 0.936. The smallest absolute Gasteiger partial charge is 0.142 e. The van der Waals surface area contributed by atoms with E-state index in [1.807, 2.05) is 13.8 Å². The van der Waals surface area contributed by atoms with E-state index in [-0.39, 0.29) is 16.7 Å². The van der Waals surface area contributed by atoms with Crippen LogP contribution in [0.1, 0.15) is 61.8 Å². The second-order valence-corrected chi connectivity index (χ2v) is 6.25. The Hall–Kier alpha value is -0.330. The number of carbonyl (C=O) groups excluding carboxylic acids is 1. The third-order valence-corrected chi connectivity index (χ3v) is 3.85. The van der Waals surface area contributed by atoms with E-state index < -0.39 is 0 Å². The first-order valence-corrected chi connectivity index (χ1v) is 6.15. The molecule has 0 N–H and O–H groups in total. The van der Waals surface area contributed by atoms with E-state index >= 15 is 0 Å². The highest BCUT2D eigenvalue weighted by Crippen LogP contribution is 2.49. The zero-order chi connectivity index (χ0) is 12.4. The number of ketones is 1. The third-order valence-electron chi connectivity index (χ3n) is 3.85. The van der Waals surface area contributed by atoms with Crippen molar-refractivity contribution in [3.63, 3.8) is 0 Å². The Bertz CT molecular complexity index is 220. The summed E-state index contributed by atoms with van der Waals surface area (Å²) in [5.74, 6) is 0.955. The molecule has 90 valence electrons. The molecule has 0 bridgehead atoms. The summed E-state index contributed by atoms with van der Waals surface area (Å²) in [4.78, 5) is 12.5. The quantitative estimate of drug-likeness (QED) is 0.678. The van der Waals surface area contributed by atoms with Crippen LogP contribution in [0, 0.1) is 22.7 Å². The Labute approximate surface area is 95.6 Å². The van der Waals surface area contributed by atoms with Gasteiger partial charge >= 0.3 is 0 Å². The van der Waals surface area contributed by atoms with Gasteiger partial charge in [0, 0.05) is 11.3 Å². The van der Waals surface area contributed by atoms with E-state index in [2.05, 4.69) is 41.5 Å². The zero-order valence-electron chi connectivity index (χ0n) is 11.8. The Morgan fingerprint density at radius 2 is 1.47 bits per heavy atom. The molecule has 15 heavy (non-hydrogen) atoms. The number of carbonyl (C=O) groups is 1. The zero-order valence-corrected chi connectivity index (χ0v) is 11.8. The van der Waals surface area contributed by atoms with Gasteiger partial charge in [0.05, 0.1) is 0 Å². The molecule has 1 nitrogen and oxygen atoms in total. The minimum Gasteiger partial charge on any atom is -0.299 e. The van der Waals surface area contributed by atoms with E-state index in [1.54, 1.807) is 0 Å². The predicted molar refractivity (Wildman–Crippen MR) is 66.9 cm³/mol. The van der Waals surface area contributed by atoms with Crippen LogP contribution in [-0.2, 0) is 4.79 Å². The van der Waals surface area contributed by atoms with Crippen molar-refractivity contribution < 1.29 is 4.79 Å². The molecule has 1 unspecified atom stereocenters. The van der Waals surface area contributed by atoms with E-state index in [4.69, 9.17) is 0 Å². The average molecular weight is 212 g/mol. The van der Waals surface area contributed by atoms with Crippen LogP contribution < -0.4 is 0 Å². The molecule has 1 heteroatoms. The summed E-state index contributed by atoms with van der Waals surface area (Å²) in [6, 6.07) is 0. The highest BCUT2D eigenvalue weighted by Gasteiger charge is 2.49. The van der Waals surface area contributed by atoms with Crippen LogP contribution >= 0.6 is 0 Å². The van der Waals surface area contributed by atoms with Crippen LogP contribution in [0.4, 0.5) is 0 Å². The van der Waals surface area contributed by atoms with Gasteiger partial charge in [-0.15, -0.1) is 0 Å². The summed E-state index contributed by atoms with van der Waals surface area (Å²) in [7, 11) is 0. The van der Waals surface area contributed by atoms with Crippen LogP contribution in [0.5, 0.6) is 0 Å². The molecular formula is C14H28O. The maximum absolute atomic E-state index is 12.5. The van der Waals surface area contributed by atoms with Crippen molar-refractivity contribution in [1.29, 1.82) is 0 Å². The molecule has 0 saturated carbocycles. The topological polar surface area (TPSA) is 17.1 Å². The van der Waals surface area contributed by atoms with Gasteiger partial charge in [0.2, 0.25) is 0 Å². The Morgan fingerprint density at radius 3 is 1.53 bits per heavy atom. The molecule has 0 spiro atoms. The minimum absolute atomic E-state index is 0.0390. The molecular weight excluding hydrogens is 184 g/mol. The molecule has 0 aromatic carbocycles. The lowest BCUT2D eigenvalue weighted by atomic mass is 9.55. The molecule has 0 aromatic rings. The Balaban J connectivity index is 5.47. The molecule has 0 amide bonds. The Morgan fingerprint density at radius 1 is 1.07 bits per heavy atom. The maximum Gasteiger partial charge on any atom is 0.142 e. The summed E-state index contributed by atoms with van der Waals surface area (Å²) in [6.45, 7) is 17.1. The SMILES string of the molecule is CCC(C(=O)C(C)C)(C(C)C)C(C)(C)C. The van der Waals surface area contributed by atoms with Crippen LogP contribution in [0.25, 0.3) is 0 Å². The van der Waals surface area contributed by atoms with Crippen molar-refractivity contribution in [3.8, 4) is 0 Å². The van der Waals surface area contributed by atoms with Gasteiger partial charge in [0.15, 0.2) is 0 Å². The summed E-state index contributed by atoms with van der Waals surface area (Å²) < 4.78 is 0. The molecule has 0 aliphatic heterocycles. The highest BCUT2D eigenvalue weighted by molar-refractivity contribution is 5.87. The van der Waals surface area contributed by atoms with Crippen LogP contribution in [0.15, 0.2) is 0 Å². The first-order chi connectivity index (χ1) is 6.61. The van der Waals surface area contributed by atoms with Crippen molar-refractivity contribution in [3.05, 3.63) is 0 Å². The van der Waals surface area contributed by atoms with Crippen LogP contribution in [0.2, 0.25) is 0 Å². The number of hydrogen-bond donors (Lipinski definition) is 0. The number of Topliss-reactive ketones (excluding diaryl/α,β-unsaturated/α-hetero) is 1. The fourth-order valence-electron chi connectivity index (χ4n) is 3.15. The molecule has 0 aliphatic carbocycles. The summed E-state index contributed by atoms with van der Waals surface area (Å²) in [5.41, 5.74) is -0.140. The number of hydrogen-bond acceptors (Lipinski definition) is 1. The maximum atomic E-state index is 12.5. The first kappa shape index (κ1) is 14.7. The monoisotopic (exact) mass is 212 g/mol. The van der Waals surface area contributed by atoms with E-state index in [0.29, 0.717) is 11.7 Å². The van der Waals surface area contributed by atoms with E-state index in [1.165, 1.54) is 0 Å². The molecule has 0 aliphatic rings. The average Bonchev–Trinajstić information content (AvgIpc) is 2.02. The van der Waals surface area contributed by atoms with Crippen molar-refractivity contribution >= 4 is 5.78 Å². The molecule has 0 fully saturated rings. The fourth-order valence-corrected chi connectivity index (χ4v) is 3.15. The third kappa shape index (κ3) is 2.43. The number of rotatable bonds is 4. The van der Waals surface area contributed by atoms with E-state index in [0.717, 1.165) is 6.42 Å². The van der Waals surface area contributed by atoms with Crippen molar-refractivity contribution in [2.45, 2.75) is 61.8 Å². The van der Waals surface area contributed by atoms with Gasteiger partial charge in [0.1, 0.15) is 5.78 Å². The van der Waals surface area contributed by atoms with Gasteiger partial charge in [-0.2, -0.15) is 0 Å². The van der Waals surface area contributed by atoms with Crippen molar-refractivity contribution in [2.24, 2.45) is 22.7 Å². The van der Waals surface area contributed by atoms with E-state index in [9.17, 15) is 4.79 Å². The molecule has 0 heterocycles. The lowest BCUT2D eigenvalue weighted by Gasteiger charge is -2.47. The lowest BCUT2D eigenvalue weighted by Crippen LogP contribution is -2.48. The second kappa shape index (κ2) is 4.67. The first-order valence-electron chi connectivity index (χ1n) is 6.15. The molecule has 0 radical (unpaired) electrons. The largest absolute Gasteiger partial charge is 0.299 e. The highest BCUT2D eigenvalue weighted by atomic mass is 16.1. The summed E-state index contributed by atoms with van der Waals surface area (Å²) in [5, 5.41) is 0. The van der Waals surface area contributed by atoms with Gasteiger partial charge in [0.25, 0.3) is 0 Å². The minimum atomic E-state index is -0.179. The lowest BCUT2D eigenvalue weighted by molar-refractivity contribution is -0.143. The van der Waals surface area contributed by atoms with Crippen LogP contribution in [0.3, 0.4) is 0 Å².